The van der Waals surface area contributed by atoms with Crippen molar-refractivity contribution in [2.75, 3.05) is 26.2 Å². The number of halogens is 2. The highest BCUT2D eigenvalue weighted by Crippen LogP contribution is 2.14. The van der Waals surface area contributed by atoms with E-state index in [2.05, 4.69) is 5.32 Å². The number of hydrogen-bond donors (Lipinski definition) is 1. The van der Waals surface area contributed by atoms with E-state index >= 15 is 0 Å². The van der Waals surface area contributed by atoms with Gasteiger partial charge in [0.2, 0.25) is 0 Å². The van der Waals surface area contributed by atoms with Crippen LogP contribution < -0.4 is 5.32 Å². The van der Waals surface area contributed by atoms with Crippen LogP contribution in [0.5, 0.6) is 0 Å². The number of hydrogen-bond acceptors (Lipinski definition) is 2. The standard InChI is InChI=1S/C15H19F2N3O2/c1-10(2)18-15(22)20-7-5-19(6-8-20)14(21)12-4-3-11(16)9-13(12)17/h3-4,9-10H,5-8H2,1-2H3,(H,18,22). The van der Waals surface area contributed by atoms with Crippen LogP contribution in [-0.2, 0) is 0 Å². The Hall–Kier alpha value is -2.18. The van der Waals surface area contributed by atoms with E-state index in [4.69, 9.17) is 0 Å². The summed E-state index contributed by atoms with van der Waals surface area (Å²) >= 11 is 0. The van der Waals surface area contributed by atoms with E-state index in [1.165, 1.54) is 4.90 Å². The second kappa shape index (κ2) is 6.72. The van der Waals surface area contributed by atoms with E-state index in [0.717, 1.165) is 12.1 Å². The molecule has 0 spiro atoms. The number of benzene rings is 1. The van der Waals surface area contributed by atoms with E-state index in [1.54, 1.807) is 4.90 Å². The summed E-state index contributed by atoms with van der Waals surface area (Å²) in [5.74, 6) is -2.07. The van der Waals surface area contributed by atoms with Crippen LogP contribution in [0.2, 0.25) is 0 Å². The smallest absolute Gasteiger partial charge is 0.317 e. The molecule has 3 amide bonds. The maximum atomic E-state index is 13.6. The van der Waals surface area contributed by atoms with Crippen molar-refractivity contribution in [1.29, 1.82) is 0 Å². The summed E-state index contributed by atoms with van der Waals surface area (Å²) in [5, 5.41) is 2.79. The van der Waals surface area contributed by atoms with Crippen LogP contribution in [0.15, 0.2) is 18.2 Å². The lowest BCUT2D eigenvalue weighted by Crippen LogP contribution is -2.54. The molecular weight excluding hydrogens is 292 g/mol. The lowest BCUT2D eigenvalue weighted by molar-refractivity contribution is 0.0659. The second-order valence-electron chi connectivity index (χ2n) is 5.51. The number of carbonyl (C=O) groups excluding carboxylic acids is 2. The zero-order chi connectivity index (χ0) is 16.3. The molecule has 1 heterocycles. The Morgan fingerprint density at radius 1 is 1.09 bits per heavy atom. The van der Waals surface area contributed by atoms with E-state index in [0.29, 0.717) is 32.2 Å². The molecule has 1 aliphatic rings. The normalized spacial score (nSPS) is 15.1. The molecule has 0 aromatic heterocycles. The molecule has 1 aromatic rings. The zero-order valence-electron chi connectivity index (χ0n) is 12.6. The highest BCUT2D eigenvalue weighted by Gasteiger charge is 2.26. The van der Waals surface area contributed by atoms with Gasteiger partial charge in [-0.15, -0.1) is 0 Å². The topological polar surface area (TPSA) is 52.7 Å². The number of amides is 3. The molecule has 1 aliphatic heterocycles. The highest BCUT2D eigenvalue weighted by molar-refractivity contribution is 5.94. The highest BCUT2D eigenvalue weighted by atomic mass is 19.1. The third kappa shape index (κ3) is 3.72. The molecule has 0 saturated carbocycles. The number of urea groups is 1. The molecule has 0 atom stereocenters. The van der Waals surface area contributed by atoms with Crippen molar-refractivity contribution in [3.63, 3.8) is 0 Å². The van der Waals surface area contributed by atoms with Gasteiger partial charge in [0.05, 0.1) is 5.56 Å². The Bertz CT molecular complexity index is 570. The average Bonchev–Trinajstić information content (AvgIpc) is 2.46. The number of carbonyl (C=O) groups is 2. The van der Waals surface area contributed by atoms with Gasteiger partial charge in [-0.2, -0.15) is 0 Å². The maximum absolute atomic E-state index is 13.6. The first-order chi connectivity index (χ1) is 10.4. The molecule has 1 fully saturated rings. The maximum Gasteiger partial charge on any atom is 0.317 e. The van der Waals surface area contributed by atoms with Gasteiger partial charge in [0.1, 0.15) is 11.6 Å². The second-order valence-corrected chi connectivity index (χ2v) is 5.51. The minimum atomic E-state index is -0.870. The monoisotopic (exact) mass is 311 g/mol. The third-order valence-electron chi connectivity index (χ3n) is 3.43. The largest absolute Gasteiger partial charge is 0.336 e. The fraction of sp³-hybridized carbons (Fsp3) is 0.467. The molecule has 1 saturated heterocycles. The van der Waals surface area contributed by atoms with Crippen LogP contribution in [0.1, 0.15) is 24.2 Å². The molecule has 5 nitrogen and oxygen atoms in total. The summed E-state index contributed by atoms with van der Waals surface area (Å²) in [4.78, 5) is 27.2. The van der Waals surface area contributed by atoms with E-state index in [9.17, 15) is 18.4 Å². The molecule has 120 valence electrons. The van der Waals surface area contributed by atoms with Crippen LogP contribution in [-0.4, -0.2) is 54.0 Å². The zero-order valence-corrected chi connectivity index (χ0v) is 12.6. The van der Waals surface area contributed by atoms with Crippen LogP contribution in [0.3, 0.4) is 0 Å². The molecule has 22 heavy (non-hydrogen) atoms. The number of nitrogens with zero attached hydrogens (tertiary/aromatic N) is 2. The van der Waals surface area contributed by atoms with E-state index in [-0.39, 0.29) is 17.6 Å². The molecule has 0 unspecified atom stereocenters. The van der Waals surface area contributed by atoms with Gasteiger partial charge in [0.15, 0.2) is 0 Å². The Morgan fingerprint density at radius 3 is 2.23 bits per heavy atom. The van der Waals surface area contributed by atoms with Crippen LogP contribution >= 0.6 is 0 Å². The van der Waals surface area contributed by atoms with Gasteiger partial charge in [0.25, 0.3) is 5.91 Å². The molecule has 7 heteroatoms. The molecule has 0 aliphatic carbocycles. The minimum Gasteiger partial charge on any atom is -0.336 e. The van der Waals surface area contributed by atoms with Crippen molar-refractivity contribution in [3.8, 4) is 0 Å². The number of rotatable bonds is 2. The fourth-order valence-corrected chi connectivity index (χ4v) is 2.28. The van der Waals surface area contributed by atoms with Crippen LogP contribution in [0.25, 0.3) is 0 Å². The summed E-state index contributed by atoms with van der Waals surface area (Å²) in [6.07, 6.45) is 0. The SMILES string of the molecule is CC(C)NC(=O)N1CCN(C(=O)c2ccc(F)cc2F)CC1. The summed E-state index contributed by atoms with van der Waals surface area (Å²) in [6.45, 7) is 5.15. The Kier molecular flexibility index (Phi) is 4.95. The molecule has 1 N–H and O–H groups in total. The predicted molar refractivity (Wildman–Crippen MR) is 77.5 cm³/mol. The number of piperazine rings is 1. The van der Waals surface area contributed by atoms with Crippen LogP contribution in [0, 0.1) is 11.6 Å². The van der Waals surface area contributed by atoms with Gasteiger partial charge in [-0.3, -0.25) is 4.79 Å². The summed E-state index contributed by atoms with van der Waals surface area (Å²) < 4.78 is 26.5. The number of nitrogens with one attached hydrogen (secondary N) is 1. The van der Waals surface area contributed by atoms with Crippen molar-refractivity contribution in [1.82, 2.24) is 15.1 Å². The Balaban J connectivity index is 1.96. The molecular formula is C15H19F2N3O2. The van der Waals surface area contributed by atoms with E-state index < -0.39 is 17.5 Å². The minimum absolute atomic E-state index is 0.0421. The van der Waals surface area contributed by atoms with Gasteiger partial charge in [0, 0.05) is 38.3 Å². The molecule has 0 radical (unpaired) electrons. The van der Waals surface area contributed by atoms with Crippen molar-refractivity contribution in [3.05, 3.63) is 35.4 Å². The van der Waals surface area contributed by atoms with Gasteiger partial charge in [-0.05, 0) is 26.0 Å². The first-order valence-corrected chi connectivity index (χ1v) is 7.18. The van der Waals surface area contributed by atoms with Crippen molar-refractivity contribution < 1.29 is 18.4 Å². The van der Waals surface area contributed by atoms with Crippen molar-refractivity contribution in [2.45, 2.75) is 19.9 Å². The van der Waals surface area contributed by atoms with Gasteiger partial charge >= 0.3 is 6.03 Å². The van der Waals surface area contributed by atoms with Gasteiger partial charge < -0.3 is 15.1 Å². The first-order valence-electron chi connectivity index (χ1n) is 7.18. The molecule has 2 rings (SSSR count). The fourth-order valence-electron chi connectivity index (χ4n) is 2.28. The summed E-state index contributed by atoms with van der Waals surface area (Å²) in [5.41, 5.74) is -0.151. The lowest BCUT2D eigenvalue weighted by atomic mass is 10.1. The summed E-state index contributed by atoms with van der Waals surface area (Å²) in [6, 6.07) is 2.77. The van der Waals surface area contributed by atoms with E-state index in [1.807, 2.05) is 13.8 Å². The summed E-state index contributed by atoms with van der Waals surface area (Å²) in [7, 11) is 0. The Labute approximate surface area is 127 Å². The molecule has 0 bridgehead atoms. The van der Waals surface area contributed by atoms with Gasteiger partial charge in [-0.25, -0.2) is 13.6 Å². The Morgan fingerprint density at radius 2 is 1.68 bits per heavy atom. The first kappa shape index (κ1) is 16.2. The quantitative estimate of drug-likeness (QED) is 0.906. The van der Waals surface area contributed by atoms with Crippen molar-refractivity contribution in [2.24, 2.45) is 0 Å². The average molecular weight is 311 g/mol. The third-order valence-corrected chi connectivity index (χ3v) is 3.43. The van der Waals surface area contributed by atoms with Crippen LogP contribution in [0.4, 0.5) is 13.6 Å². The van der Waals surface area contributed by atoms with Gasteiger partial charge in [-0.1, -0.05) is 0 Å². The predicted octanol–water partition coefficient (Wildman–Crippen LogP) is 1.84. The lowest BCUT2D eigenvalue weighted by Gasteiger charge is -2.35. The van der Waals surface area contributed by atoms with Crippen molar-refractivity contribution >= 4 is 11.9 Å². The molecule has 1 aromatic carbocycles.